The molecule has 0 spiro atoms. The first-order valence-corrected chi connectivity index (χ1v) is 7.65. The van der Waals surface area contributed by atoms with Gasteiger partial charge in [-0.25, -0.2) is 13.6 Å². The van der Waals surface area contributed by atoms with Gasteiger partial charge in [-0.3, -0.25) is 4.79 Å². The summed E-state index contributed by atoms with van der Waals surface area (Å²) in [5.41, 5.74) is 0.865. The molecule has 1 aromatic carbocycles. The molecule has 0 unspecified atom stereocenters. The van der Waals surface area contributed by atoms with Gasteiger partial charge in [0.25, 0.3) is 15.9 Å². The van der Waals surface area contributed by atoms with Crippen LogP contribution in [0.4, 0.5) is 0 Å². The number of amides is 1. The van der Waals surface area contributed by atoms with E-state index >= 15 is 0 Å². The molecule has 2 heterocycles. The molecule has 7 nitrogen and oxygen atoms in total. The first-order valence-electron chi connectivity index (χ1n) is 6.10. The highest BCUT2D eigenvalue weighted by Crippen LogP contribution is 2.31. The number of carbonyl (C=O) groups is 1. The van der Waals surface area contributed by atoms with Gasteiger partial charge in [-0.15, -0.1) is 0 Å². The predicted octanol–water partition coefficient (Wildman–Crippen LogP) is 0.790. The number of para-hydroxylation sites is 1. The monoisotopic (exact) mass is 308 g/mol. The van der Waals surface area contributed by atoms with Crippen LogP contribution in [0.15, 0.2) is 45.9 Å². The molecular formula is C13H12N2O5S. The summed E-state index contributed by atoms with van der Waals surface area (Å²) >= 11 is 0. The Labute approximate surface area is 120 Å². The molecule has 1 aliphatic heterocycles. The van der Waals surface area contributed by atoms with Gasteiger partial charge in [0, 0.05) is 5.56 Å². The van der Waals surface area contributed by atoms with Crippen LogP contribution in [0, 0.1) is 0 Å². The lowest BCUT2D eigenvalue weighted by molar-refractivity contribution is 0.0897. The number of benzene rings is 1. The molecule has 110 valence electrons. The van der Waals surface area contributed by atoms with E-state index in [1.54, 1.807) is 0 Å². The van der Waals surface area contributed by atoms with Gasteiger partial charge in [0.05, 0.1) is 6.04 Å². The highest BCUT2D eigenvalue weighted by atomic mass is 32.2. The van der Waals surface area contributed by atoms with Crippen LogP contribution in [-0.4, -0.2) is 20.9 Å². The third-order valence-electron chi connectivity index (χ3n) is 3.09. The van der Waals surface area contributed by atoms with Crippen molar-refractivity contribution in [2.24, 2.45) is 5.14 Å². The Balaban J connectivity index is 1.78. The molecule has 0 saturated carbocycles. The second-order valence-corrected chi connectivity index (χ2v) is 6.03. The quantitative estimate of drug-likeness (QED) is 0.870. The Morgan fingerprint density at radius 1 is 1.24 bits per heavy atom. The Hall–Kier alpha value is -2.32. The minimum absolute atomic E-state index is 0.122. The molecule has 1 aromatic heterocycles. The molecule has 1 aliphatic rings. The molecule has 2 aromatic rings. The summed E-state index contributed by atoms with van der Waals surface area (Å²) in [4.78, 5) is 12.1. The predicted molar refractivity (Wildman–Crippen MR) is 72.2 cm³/mol. The van der Waals surface area contributed by atoms with E-state index in [0.717, 1.165) is 11.6 Å². The van der Waals surface area contributed by atoms with Crippen LogP contribution < -0.4 is 15.2 Å². The van der Waals surface area contributed by atoms with Crippen LogP contribution in [-0.2, 0) is 10.0 Å². The third kappa shape index (κ3) is 2.63. The number of nitrogens with two attached hydrogens (primary N) is 1. The van der Waals surface area contributed by atoms with Crippen molar-refractivity contribution < 1.29 is 22.4 Å². The summed E-state index contributed by atoms with van der Waals surface area (Å²) in [7, 11) is -3.96. The number of sulfonamides is 1. The Morgan fingerprint density at radius 2 is 2.00 bits per heavy atom. The second kappa shape index (κ2) is 4.90. The number of carbonyl (C=O) groups excluding carboxylic acids is 1. The van der Waals surface area contributed by atoms with E-state index in [0.29, 0.717) is 12.4 Å². The molecule has 1 amide bonds. The number of ether oxygens (including phenoxy) is 1. The van der Waals surface area contributed by atoms with E-state index in [1.165, 1.54) is 6.07 Å². The summed E-state index contributed by atoms with van der Waals surface area (Å²) in [6, 6.07) is 9.45. The fourth-order valence-electron chi connectivity index (χ4n) is 2.11. The van der Waals surface area contributed by atoms with Gasteiger partial charge in [-0.2, -0.15) is 0 Å². The summed E-state index contributed by atoms with van der Waals surface area (Å²) < 4.78 is 32.6. The van der Waals surface area contributed by atoms with E-state index in [9.17, 15) is 13.2 Å². The lowest BCUT2D eigenvalue weighted by Gasteiger charge is -2.10. The highest BCUT2D eigenvalue weighted by molar-refractivity contribution is 7.89. The maximum Gasteiger partial charge on any atom is 0.287 e. The molecule has 0 fully saturated rings. The summed E-state index contributed by atoms with van der Waals surface area (Å²) in [6.07, 6.45) is 0. The molecule has 0 saturated heterocycles. The van der Waals surface area contributed by atoms with Crippen molar-refractivity contribution in [2.75, 3.05) is 6.61 Å². The fraction of sp³-hybridized carbons (Fsp3) is 0.154. The van der Waals surface area contributed by atoms with E-state index < -0.39 is 21.0 Å². The third-order valence-corrected chi connectivity index (χ3v) is 3.87. The topological polar surface area (TPSA) is 112 Å². The Kier molecular flexibility index (Phi) is 3.19. The van der Waals surface area contributed by atoms with Crippen LogP contribution >= 0.6 is 0 Å². The summed E-state index contributed by atoms with van der Waals surface area (Å²) in [5, 5.41) is 7.20. The zero-order chi connectivity index (χ0) is 15.0. The lowest BCUT2D eigenvalue weighted by atomic mass is 10.1. The van der Waals surface area contributed by atoms with Crippen molar-refractivity contribution in [1.82, 2.24) is 5.32 Å². The summed E-state index contributed by atoms with van der Waals surface area (Å²) in [6.45, 7) is 0.313. The number of rotatable bonds is 3. The van der Waals surface area contributed by atoms with Crippen LogP contribution in [0.25, 0.3) is 0 Å². The zero-order valence-electron chi connectivity index (χ0n) is 10.8. The van der Waals surface area contributed by atoms with Crippen LogP contribution in [0.1, 0.15) is 22.2 Å². The van der Waals surface area contributed by atoms with E-state index in [1.807, 2.05) is 24.3 Å². The van der Waals surface area contributed by atoms with Gasteiger partial charge in [0.2, 0.25) is 5.09 Å². The minimum Gasteiger partial charge on any atom is -0.491 e. The minimum atomic E-state index is -3.96. The normalized spacial score (nSPS) is 17.1. The van der Waals surface area contributed by atoms with Crippen molar-refractivity contribution in [2.45, 2.75) is 11.1 Å². The van der Waals surface area contributed by atoms with Gasteiger partial charge in [-0.05, 0) is 18.2 Å². The number of primary sulfonamides is 1. The lowest BCUT2D eigenvalue weighted by Crippen LogP contribution is -2.29. The number of nitrogens with one attached hydrogen (secondary N) is 1. The molecule has 3 rings (SSSR count). The number of hydrogen-bond acceptors (Lipinski definition) is 5. The number of hydrogen-bond donors (Lipinski definition) is 2. The van der Waals surface area contributed by atoms with Crippen molar-refractivity contribution in [3.05, 3.63) is 47.7 Å². The van der Waals surface area contributed by atoms with Crippen LogP contribution in [0.3, 0.4) is 0 Å². The fourth-order valence-corrected chi connectivity index (χ4v) is 2.57. The summed E-state index contributed by atoms with van der Waals surface area (Å²) in [5.74, 6) is 0.0612. The largest absolute Gasteiger partial charge is 0.491 e. The molecule has 8 heteroatoms. The van der Waals surface area contributed by atoms with E-state index in [4.69, 9.17) is 14.3 Å². The zero-order valence-corrected chi connectivity index (χ0v) is 11.6. The molecule has 21 heavy (non-hydrogen) atoms. The van der Waals surface area contributed by atoms with Crippen molar-refractivity contribution in [3.8, 4) is 5.75 Å². The van der Waals surface area contributed by atoms with Gasteiger partial charge in [0.1, 0.15) is 12.4 Å². The van der Waals surface area contributed by atoms with Gasteiger partial charge < -0.3 is 14.5 Å². The van der Waals surface area contributed by atoms with Crippen LogP contribution in [0.5, 0.6) is 5.75 Å². The Morgan fingerprint density at radius 3 is 2.71 bits per heavy atom. The van der Waals surface area contributed by atoms with Gasteiger partial charge in [-0.1, -0.05) is 18.2 Å². The standard InChI is InChI=1S/C13H12N2O5S/c14-21(17,18)12-6-5-11(20-12)13(16)15-9-7-19-10-4-2-1-3-8(9)10/h1-6,9H,7H2,(H,15,16)(H2,14,17,18)/t9-/m1/s1. The van der Waals surface area contributed by atoms with Crippen LogP contribution in [0.2, 0.25) is 0 Å². The first kappa shape index (κ1) is 13.7. The Bertz CT molecular complexity index is 796. The molecule has 0 aliphatic carbocycles. The average Bonchev–Trinajstić information content (AvgIpc) is 3.05. The maximum atomic E-state index is 12.1. The number of fused-ring (bicyclic) bond motifs is 1. The van der Waals surface area contributed by atoms with Crippen molar-refractivity contribution in [3.63, 3.8) is 0 Å². The van der Waals surface area contributed by atoms with Crippen molar-refractivity contribution in [1.29, 1.82) is 0 Å². The SMILES string of the molecule is NS(=O)(=O)c1ccc(C(=O)N[C@@H]2COc3ccccc32)o1. The van der Waals surface area contributed by atoms with Crippen molar-refractivity contribution >= 4 is 15.9 Å². The smallest absolute Gasteiger partial charge is 0.287 e. The molecule has 1 atom stereocenters. The van der Waals surface area contributed by atoms with E-state index in [2.05, 4.69) is 5.32 Å². The molecular weight excluding hydrogens is 296 g/mol. The van der Waals surface area contributed by atoms with Gasteiger partial charge >= 0.3 is 0 Å². The maximum absolute atomic E-state index is 12.1. The average molecular weight is 308 g/mol. The second-order valence-electron chi connectivity index (χ2n) is 4.54. The van der Waals surface area contributed by atoms with E-state index in [-0.39, 0.29) is 11.8 Å². The first-order chi connectivity index (χ1) is 9.95. The molecule has 3 N–H and O–H groups in total. The molecule has 0 radical (unpaired) electrons. The van der Waals surface area contributed by atoms with Gasteiger partial charge in [0.15, 0.2) is 5.76 Å². The molecule has 0 bridgehead atoms. The number of furan rings is 1. The highest BCUT2D eigenvalue weighted by Gasteiger charge is 2.27.